The Balaban J connectivity index is 1.66. The van der Waals surface area contributed by atoms with Crippen LogP contribution in [-0.2, 0) is 11.3 Å². The van der Waals surface area contributed by atoms with Crippen molar-refractivity contribution in [2.45, 2.75) is 26.0 Å². The van der Waals surface area contributed by atoms with Crippen LogP contribution in [-0.4, -0.2) is 21.8 Å². The van der Waals surface area contributed by atoms with Crippen LogP contribution in [0.3, 0.4) is 0 Å². The topological polar surface area (TPSA) is 56.1 Å². The van der Waals surface area contributed by atoms with Crippen molar-refractivity contribution in [3.05, 3.63) is 64.7 Å². The Morgan fingerprint density at radius 1 is 1.32 bits per heavy atom. The van der Waals surface area contributed by atoms with E-state index in [0.29, 0.717) is 24.5 Å². The molecule has 0 bridgehead atoms. The highest BCUT2D eigenvalue weighted by Crippen LogP contribution is 2.17. The Morgan fingerprint density at radius 3 is 2.80 bits per heavy atom. The fourth-order valence-electron chi connectivity index (χ4n) is 2.32. The maximum atomic E-state index is 13.0. The van der Waals surface area contributed by atoms with Crippen molar-refractivity contribution in [1.82, 2.24) is 9.78 Å². The molecule has 0 aliphatic carbocycles. The van der Waals surface area contributed by atoms with Gasteiger partial charge >= 0.3 is 0 Å². The van der Waals surface area contributed by atoms with Crippen LogP contribution in [0, 0.1) is 5.82 Å². The van der Waals surface area contributed by atoms with Gasteiger partial charge in [0.1, 0.15) is 17.4 Å². The van der Waals surface area contributed by atoms with Crippen LogP contribution in [0.25, 0.3) is 0 Å². The zero-order chi connectivity index (χ0) is 17.6. The average molecular weight is 359 g/mol. The highest BCUT2D eigenvalue weighted by molar-refractivity contribution is 7.09. The molecule has 1 atom stereocenters. The standard InChI is InChI=1S/C18H18FN3O2S/c1-2-16(24-14-7-5-13(19)6-8-14)18(23)21-17-9-10-20-22(17)12-15-4-3-11-25-15/h3-11,16H,2,12H2,1H3,(H,21,23)/t16-/m0/s1. The smallest absolute Gasteiger partial charge is 0.266 e. The van der Waals surface area contributed by atoms with Crippen molar-refractivity contribution in [2.24, 2.45) is 0 Å². The summed E-state index contributed by atoms with van der Waals surface area (Å²) >= 11 is 1.63. The van der Waals surface area contributed by atoms with E-state index in [1.54, 1.807) is 28.3 Å². The molecule has 25 heavy (non-hydrogen) atoms. The van der Waals surface area contributed by atoms with E-state index >= 15 is 0 Å². The summed E-state index contributed by atoms with van der Waals surface area (Å²) in [5.41, 5.74) is 0. The lowest BCUT2D eigenvalue weighted by Crippen LogP contribution is -2.33. The number of rotatable bonds is 7. The van der Waals surface area contributed by atoms with Gasteiger partial charge in [-0.2, -0.15) is 5.10 Å². The van der Waals surface area contributed by atoms with Gasteiger partial charge in [0.15, 0.2) is 6.10 Å². The zero-order valence-electron chi connectivity index (χ0n) is 13.7. The van der Waals surface area contributed by atoms with Gasteiger partial charge in [-0.05, 0) is 42.1 Å². The Morgan fingerprint density at radius 2 is 2.12 bits per heavy atom. The molecule has 0 aliphatic heterocycles. The van der Waals surface area contributed by atoms with Crippen LogP contribution < -0.4 is 10.1 Å². The number of thiophene rings is 1. The van der Waals surface area contributed by atoms with Crippen LogP contribution in [0.4, 0.5) is 10.2 Å². The highest BCUT2D eigenvalue weighted by Gasteiger charge is 2.20. The minimum absolute atomic E-state index is 0.264. The number of hydrogen-bond acceptors (Lipinski definition) is 4. The summed E-state index contributed by atoms with van der Waals surface area (Å²) in [5, 5.41) is 9.10. The number of amides is 1. The van der Waals surface area contributed by atoms with E-state index in [0.717, 1.165) is 4.88 Å². The third-order valence-corrected chi connectivity index (χ3v) is 4.47. The molecule has 0 aliphatic rings. The van der Waals surface area contributed by atoms with E-state index in [-0.39, 0.29) is 11.7 Å². The van der Waals surface area contributed by atoms with Crippen molar-refractivity contribution >= 4 is 23.1 Å². The van der Waals surface area contributed by atoms with E-state index in [4.69, 9.17) is 4.74 Å². The quantitative estimate of drug-likeness (QED) is 0.695. The third-order valence-electron chi connectivity index (χ3n) is 3.61. The van der Waals surface area contributed by atoms with E-state index in [1.165, 1.54) is 24.3 Å². The van der Waals surface area contributed by atoms with Crippen LogP contribution in [0.15, 0.2) is 54.0 Å². The summed E-state index contributed by atoms with van der Waals surface area (Å²) in [6.45, 7) is 2.45. The molecule has 0 fully saturated rings. The summed E-state index contributed by atoms with van der Waals surface area (Å²) in [7, 11) is 0. The van der Waals surface area contributed by atoms with E-state index in [1.807, 2.05) is 24.4 Å². The van der Waals surface area contributed by atoms with Crippen molar-refractivity contribution in [3.63, 3.8) is 0 Å². The second-order valence-corrected chi connectivity index (χ2v) is 6.44. The fraction of sp³-hybridized carbons (Fsp3) is 0.222. The number of benzene rings is 1. The molecule has 0 saturated heterocycles. The number of nitrogens with one attached hydrogen (secondary N) is 1. The second-order valence-electron chi connectivity index (χ2n) is 5.41. The molecule has 0 spiro atoms. The number of aromatic nitrogens is 2. The summed E-state index contributed by atoms with van der Waals surface area (Å²) in [4.78, 5) is 13.7. The van der Waals surface area contributed by atoms with E-state index in [2.05, 4.69) is 10.4 Å². The molecular weight excluding hydrogens is 341 g/mol. The number of hydrogen-bond donors (Lipinski definition) is 1. The van der Waals surface area contributed by atoms with Crippen LogP contribution in [0.5, 0.6) is 5.75 Å². The Labute approximate surface area is 149 Å². The molecule has 7 heteroatoms. The first kappa shape index (κ1) is 17.2. The number of ether oxygens (including phenoxy) is 1. The maximum absolute atomic E-state index is 13.0. The summed E-state index contributed by atoms with van der Waals surface area (Å²) in [6.07, 6.45) is 1.46. The molecule has 3 rings (SSSR count). The van der Waals surface area contributed by atoms with Crippen molar-refractivity contribution in [2.75, 3.05) is 5.32 Å². The number of nitrogens with zero attached hydrogens (tertiary/aromatic N) is 2. The van der Waals surface area contributed by atoms with Gasteiger partial charge in [-0.15, -0.1) is 11.3 Å². The molecule has 0 unspecified atom stereocenters. The number of halogens is 1. The lowest BCUT2D eigenvalue weighted by atomic mass is 10.2. The molecule has 3 aromatic rings. The van der Waals surface area contributed by atoms with Crippen LogP contribution in [0.1, 0.15) is 18.2 Å². The number of carbonyl (C=O) groups excluding carboxylic acids is 1. The lowest BCUT2D eigenvalue weighted by molar-refractivity contribution is -0.122. The fourth-order valence-corrected chi connectivity index (χ4v) is 3.01. The lowest BCUT2D eigenvalue weighted by Gasteiger charge is -2.17. The van der Waals surface area contributed by atoms with Gasteiger partial charge in [0.25, 0.3) is 5.91 Å². The summed E-state index contributed by atoms with van der Waals surface area (Å²) in [5.74, 6) is 0.456. The number of anilines is 1. The maximum Gasteiger partial charge on any atom is 0.266 e. The minimum atomic E-state index is -0.671. The summed E-state index contributed by atoms with van der Waals surface area (Å²) < 4.78 is 20.4. The normalized spacial score (nSPS) is 11.9. The summed E-state index contributed by atoms with van der Waals surface area (Å²) in [6, 6.07) is 11.4. The predicted octanol–water partition coefficient (Wildman–Crippen LogP) is 3.93. The largest absolute Gasteiger partial charge is 0.481 e. The molecule has 0 saturated carbocycles. The van der Waals surface area contributed by atoms with Gasteiger partial charge in [0.05, 0.1) is 12.7 Å². The van der Waals surface area contributed by atoms with Crippen molar-refractivity contribution in [1.29, 1.82) is 0 Å². The van der Waals surface area contributed by atoms with E-state index < -0.39 is 6.10 Å². The molecule has 5 nitrogen and oxygen atoms in total. The monoisotopic (exact) mass is 359 g/mol. The Hall–Kier alpha value is -2.67. The molecule has 0 radical (unpaired) electrons. The van der Waals surface area contributed by atoms with E-state index in [9.17, 15) is 9.18 Å². The number of carbonyl (C=O) groups is 1. The molecule has 2 aromatic heterocycles. The van der Waals surface area contributed by atoms with Crippen molar-refractivity contribution < 1.29 is 13.9 Å². The van der Waals surface area contributed by atoms with Crippen LogP contribution >= 0.6 is 11.3 Å². The van der Waals surface area contributed by atoms with Gasteiger partial charge in [-0.3, -0.25) is 4.79 Å². The van der Waals surface area contributed by atoms with Crippen molar-refractivity contribution in [3.8, 4) is 5.75 Å². The van der Waals surface area contributed by atoms with Gasteiger partial charge in [0.2, 0.25) is 0 Å². The van der Waals surface area contributed by atoms with Gasteiger partial charge < -0.3 is 10.1 Å². The second kappa shape index (κ2) is 7.94. The molecular formula is C18H18FN3O2S. The Kier molecular flexibility index (Phi) is 5.45. The zero-order valence-corrected chi connectivity index (χ0v) is 14.5. The molecule has 1 N–H and O–H groups in total. The molecule has 1 amide bonds. The van der Waals surface area contributed by atoms with Gasteiger partial charge in [-0.1, -0.05) is 13.0 Å². The highest BCUT2D eigenvalue weighted by atomic mass is 32.1. The predicted molar refractivity (Wildman–Crippen MR) is 95.4 cm³/mol. The third kappa shape index (κ3) is 4.45. The van der Waals surface area contributed by atoms with Crippen LogP contribution in [0.2, 0.25) is 0 Å². The first-order valence-corrected chi connectivity index (χ1v) is 8.81. The molecule has 130 valence electrons. The minimum Gasteiger partial charge on any atom is -0.481 e. The molecule has 1 aromatic carbocycles. The molecule has 2 heterocycles. The first-order chi connectivity index (χ1) is 12.2. The van der Waals surface area contributed by atoms with Gasteiger partial charge in [0, 0.05) is 10.9 Å². The average Bonchev–Trinajstić information content (AvgIpc) is 3.27. The SMILES string of the molecule is CC[C@H](Oc1ccc(F)cc1)C(=O)Nc1ccnn1Cc1cccs1. The van der Waals surface area contributed by atoms with Gasteiger partial charge in [-0.25, -0.2) is 9.07 Å². The Bertz CT molecular complexity index is 815. The first-order valence-electron chi connectivity index (χ1n) is 7.93.